The number of nitrogens with one attached hydrogen (secondary N) is 1. The van der Waals surface area contributed by atoms with E-state index in [1.54, 1.807) is 37.3 Å². The number of rotatable bonds is 7. The molecule has 2 rings (SSSR count). The Balaban J connectivity index is 2.45. The van der Waals surface area contributed by atoms with E-state index in [0.29, 0.717) is 21.9 Å². The molecule has 7 heteroatoms. The summed E-state index contributed by atoms with van der Waals surface area (Å²) in [4.78, 5) is 26.5. The first-order valence-electron chi connectivity index (χ1n) is 7.81. The van der Waals surface area contributed by atoms with Gasteiger partial charge in [-0.25, -0.2) is 9.59 Å². The molecule has 25 heavy (non-hydrogen) atoms. The van der Waals surface area contributed by atoms with Gasteiger partial charge in [-0.05, 0) is 18.6 Å². The van der Waals surface area contributed by atoms with E-state index in [4.69, 9.17) is 21.1 Å². The first-order valence-corrected chi connectivity index (χ1v) is 8.19. The van der Waals surface area contributed by atoms with Crippen molar-refractivity contribution in [1.29, 1.82) is 0 Å². The average Bonchev–Trinajstić information content (AvgIpc) is 2.58. The number of halogens is 1. The molecule has 0 spiro atoms. The molecule has 1 heterocycles. The van der Waals surface area contributed by atoms with E-state index in [1.165, 1.54) is 12.0 Å². The van der Waals surface area contributed by atoms with Crippen LogP contribution in [0.2, 0.25) is 5.02 Å². The molecular weight excluding hydrogens is 344 g/mol. The summed E-state index contributed by atoms with van der Waals surface area (Å²) in [5.74, 6) is -0.520. The molecule has 0 bridgehead atoms. The third-order valence-electron chi connectivity index (χ3n) is 3.86. The molecular formula is C18H21ClN2O4. The van der Waals surface area contributed by atoms with Crippen LogP contribution in [0.5, 0.6) is 0 Å². The van der Waals surface area contributed by atoms with Crippen molar-refractivity contribution in [2.24, 2.45) is 0 Å². The van der Waals surface area contributed by atoms with Crippen LogP contribution >= 0.6 is 11.6 Å². The second-order valence-corrected chi connectivity index (χ2v) is 5.84. The Morgan fingerprint density at radius 1 is 1.40 bits per heavy atom. The highest BCUT2D eigenvalue weighted by Gasteiger charge is 2.36. The normalized spacial score (nSPS) is 17.3. The molecule has 0 fully saturated rings. The molecule has 6 nitrogen and oxygen atoms in total. The monoisotopic (exact) mass is 364 g/mol. The van der Waals surface area contributed by atoms with Gasteiger partial charge in [-0.2, -0.15) is 0 Å². The lowest BCUT2D eigenvalue weighted by molar-refractivity contribution is -0.140. The van der Waals surface area contributed by atoms with Gasteiger partial charge in [0.25, 0.3) is 0 Å². The van der Waals surface area contributed by atoms with Gasteiger partial charge in [0.05, 0.1) is 18.2 Å². The fourth-order valence-electron chi connectivity index (χ4n) is 2.63. The summed E-state index contributed by atoms with van der Waals surface area (Å²) >= 11 is 6.27. The number of amides is 2. The quantitative estimate of drug-likeness (QED) is 0.458. The molecule has 1 N–H and O–H groups in total. The Hall–Kier alpha value is -2.31. The number of hydrogen-bond acceptors (Lipinski definition) is 4. The van der Waals surface area contributed by atoms with Gasteiger partial charge in [0.2, 0.25) is 0 Å². The maximum Gasteiger partial charge on any atom is 0.338 e. The predicted octanol–water partition coefficient (Wildman–Crippen LogP) is 3.06. The molecule has 1 aromatic carbocycles. The summed E-state index contributed by atoms with van der Waals surface area (Å²) in [6.07, 6.45) is 1.59. The van der Waals surface area contributed by atoms with Crippen LogP contribution in [0.15, 0.2) is 48.2 Å². The van der Waals surface area contributed by atoms with Crippen molar-refractivity contribution in [2.75, 3.05) is 26.9 Å². The number of hydrogen-bond donors (Lipinski definition) is 1. The van der Waals surface area contributed by atoms with Crippen molar-refractivity contribution >= 4 is 23.6 Å². The molecule has 0 aromatic heterocycles. The van der Waals surface area contributed by atoms with Gasteiger partial charge in [0.1, 0.15) is 6.61 Å². The highest BCUT2D eigenvalue weighted by atomic mass is 35.5. The minimum atomic E-state index is -0.683. The zero-order valence-electron chi connectivity index (χ0n) is 14.3. The molecule has 1 aromatic rings. The lowest BCUT2D eigenvalue weighted by atomic mass is 9.95. The Bertz CT molecular complexity index is 702. The SMILES string of the molecule is C=CCN1C(=O)NC(c2ccccc2Cl)C(C(=O)OCCOC)=C1C. The second kappa shape index (κ2) is 8.69. The Morgan fingerprint density at radius 3 is 2.76 bits per heavy atom. The number of benzene rings is 1. The molecule has 1 aliphatic rings. The van der Waals surface area contributed by atoms with Crippen LogP contribution in [0.25, 0.3) is 0 Å². The van der Waals surface area contributed by atoms with E-state index >= 15 is 0 Å². The molecule has 0 aliphatic carbocycles. The fourth-order valence-corrected chi connectivity index (χ4v) is 2.88. The minimum absolute atomic E-state index is 0.122. The van der Waals surface area contributed by atoms with Crippen molar-refractivity contribution in [2.45, 2.75) is 13.0 Å². The van der Waals surface area contributed by atoms with Gasteiger partial charge in [0, 0.05) is 24.4 Å². The van der Waals surface area contributed by atoms with Crippen LogP contribution in [0.3, 0.4) is 0 Å². The molecule has 0 saturated heterocycles. The van der Waals surface area contributed by atoms with Crippen LogP contribution in [-0.4, -0.2) is 43.8 Å². The van der Waals surface area contributed by atoms with Gasteiger partial charge in [0.15, 0.2) is 0 Å². The maximum atomic E-state index is 12.7. The smallest absolute Gasteiger partial charge is 0.338 e. The summed E-state index contributed by atoms with van der Waals surface area (Å²) in [5.41, 5.74) is 1.48. The molecule has 2 amide bonds. The number of allylic oxidation sites excluding steroid dienone is 1. The standard InChI is InChI=1S/C18H21ClN2O4/c1-4-9-21-12(2)15(17(22)25-11-10-24-3)16(20-18(21)23)13-7-5-6-8-14(13)19/h4-8,16H,1,9-11H2,2-3H3,(H,20,23). The van der Waals surface area contributed by atoms with Gasteiger partial charge >= 0.3 is 12.0 Å². The number of nitrogens with zero attached hydrogens (tertiary/aromatic N) is 1. The third-order valence-corrected chi connectivity index (χ3v) is 4.21. The number of carbonyl (C=O) groups is 2. The van der Waals surface area contributed by atoms with Gasteiger partial charge in [-0.15, -0.1) is 6.58 Å². The van der Waals surface area contributed by atoms with E-state index in [2.05, 4.69) is 11.9 Å². The molecule has 134 valence electrons. The first-order chi connectivity index (χ1) is 12.0. The zero-order chi connectivity index (χ0) is 18.4. The highest BCUT2D eigenvalue weighted by Crippen LogP contribution is 2.34. The Kier molecular flexibility index (Phi) is 6.61. The van der Waals surface area contributed by atoms with Crippen molar-refractivity contribution in [3.8, 4) is 0 Å². The first kappa shape index (κ1) is 19.0. The summed E-state index contributed by atoms with van der Waals surface area (Å²) in [6, 6.07) is 6.06. The van der Waals surface area contributed by atoms with Crippen molar-refractivity contribution in [3.05, 3.63) is 58.8 Å². The van der Waals surface area contributed by atoms with Crippen molar-refractivity contribution in [3.63, 3.8) is 0 Å². The van der Waals surface area contributed by atoms with Crippen LogP contribution in [-0.2, 0) is 14.3 Å². The van der Waals surface area contributed by atoms with Crippen molar-refractivity contribution < 1.29 is 19.1 Å². The van der Waals surface area contributed by atoms with E-state index in [1.807, 2.05) is 0 Å². The zero-order valence-corrected chi connectivity index (χ0v) is 15.0. The summed E-state index contributed by atoms with van der Waals surface area (Å²) in [7, 11) is 1.53. The molecule has 1 aliphatic heterocycles. The number of ether oxygens (including phenoxy) is 2. The summed E-state index contributed by atoms with van der Waals surface area (Å²) in [6.45, 7) is 6.05. The maximum absolute atomic E-state index is 12.7. The van der Waals surface area contributed by atoms with Crippen LogP contribution < -0.4 is 5.32 Å². The number of urea groups is 1. The van der Waals surface area contributed by atoms with E-state index in [0.717, 1.165) is 0 Å². The molecule has 0 radical (unpaired) electrons. The topological polar surface area (TPSA) is 67.9 Å². The molecule has 1 atom stereocenters. The molecule has 0 saturated carbocycles. The third kappa shape index (κ3) is 4.21. The Morgan fingerprint density at radius 2 is 2.12 bits per heavy atom. The number of methoxy groups -OCH3 is 1. The summed E-state index contributed by atoms with van der Waals surface area (Å²) in [5, 5.41) is 3.28. The average molecular weight is 365 g/mol. The van der Waals surface area contributed by atoms with E-state index < -0.39 is 12.0 Å². The fraction of sp³-hybridized carbons (Fsp3) is 0.333. The van der Waals surface area contributed by atoms with Crippen molar-refractivity contribution in [1.82, 2.24) is 10.2 Å². The van der Waals surface area contributed by atoms with Gasteiger partial charge in [-0.1, -0.05) is 35.9 Å². The lowest BCUT2D eigenvalue weighted by Crippen LogP contribution is -2.48. The summed E-state index contributed by atoms with van der Waals surface area (Å²) < 4.78 is 10.2. The van der Waals surface area contributed by atoms with Gasteiger partial charge in [-0.3, -0.25) is 4.90 Å². The predicted molar refractivity (Wildman–Crippen MR) is 95.2 cm³/mol. The number of esters is 1. The Labute approximate surface area is 152 Å². The highest BCUT2D eigenvalue weighted by molar-refractivity contribution is 6.31. The van der Waals surface area contributed by atoms with Crippen LogP contribution in [0.4, 0.5) is 4.79 Å². The lowest BCUT2D eigenvalue weighted by Gasteiger charge is -2.35. The number of carbonyl (C=O) groups excluding carboxylic acids is 2. The van der Waals surface area contributed by atoms with Gasteiger partial charge < -0.3 is 14.8 Å². The van der Waals surface area contributed by atoms with E-state index in [-0.39, 0.29) is 25.8 Å². The van der Waals surface area contributed by atoms with Crippen LogP contribution in [0, 0.1) is 0 Å². The second-order valence-electron chi connectivity index (χ2n) is 5.43. The molecule has 1 unspecified atom stereocenters. The van der Waals surface area contributed by atoms with E-state index in [9.17, 15) is 9.59 Å². The minimum Gasteiger partial charge on any atom is -0.460 e. The van der Waals surface area contributed by atoms with Crippen LogP contribution in [0.1, 0.15) is 18.5 Å². The largest absolute Gasteiger partial charge is 0.460 e.